The largest absolute Gasteiger partial charge is 0.364 e. The van der Waals surface area contributed by atoms with Crippen molar-refractivity contribution in [1.29, 1.82) is 0 Å². The maximum atomic E-state index is 10.9. The van der Waals surface area contributed by atoms with Gasteiger partial charge in [0.15, 0.2) is 16.0 Å². The van der Waals surface area contributed by atoms with Gasteiger partial charge in [0, 0.05) is 0 Å². The van der Waals surface area contributed by atoms with Gasteiger partial charge in [-0.05, 0) is 5.92 Å². The highest BCUT2D eigenvalue weighted by Gasteiger charge is 2.16. The van der Waals surface area contributed by atoms with Gasteiger partial charge in [0.05, 0.1) is 5.69 Å². The highest BCUT2D eigenvalue weighted by Crippen LogP contribution is 2.23. The fraction of sp³-hybridized carbons (Fsp3) is 0.375. The van der Waals surface area contributed by atoms with Crippen molar-refractivity contribution in [2.45, 2.75) is 19.8 Å². The van der Waals surface area contributed by atoms with E-state index in [2.05, 4.69) is 9.97 Å². The normalized spacial score (nSPS) is 10.6. The van der Waals surface area contributed by atoms with Gasteiger partial charge in [-0.25, -0.2) is 9.97 Å². The number of aromatic nitrogens is 2. The smallest absolute Gasteiger partial charge is 0.270 e. The van der Waals surface area contributed by atoms with Crippen LogP contribution in [-0.4, -0.2) is 15.9 Å². The van der Waals surface area contributed by atoms with Crippen LogP contribution >= 0.6 is 23.2 Å². The Morgan fingerprint density at radius 1 is 1.29 bits per heavy atom. The standard InChI is InChI=1S/C8H9Cl2N3O/c1-3(2)4-6(9)13-7(10)5(12-4)8(11)14/h3H,1-2H3,(H2,11,14). The minimum Gasteiger partial charge on any atom is -0.364 e. The van der Waals surface area contributed by atoms with Crippen molar-refractivity contribution in [3.63, 3.8) is 0 Å². The molecule has 0 saturated carbocycles. The lowest BCUT2D eigenvalue weighted by molar-refractivity contribution is 0.0995. The molecule has 0 bridgehead atoms. The molecule has 14 heavy (non-hydrogen) atoms. The van der Waals surface area contributed by atoms with Gasteiger partial charge in [-0.15, -0.1) is 0 Å². The summed E-state index contributed by atoms with van der Waals surface area (Å²) >= 11 is 11.4. The zero-order valence-corrected chi connectivity index (χ0v) is 9.23. The van der Waals surface area contributed by atoms with Crippen LogP contribution in [0.1, 0.15) is 35.9 Å². The molecule has 0 saturated heterocycles. The second kappa shape index (κ2) is 4.11. The first-order valence-corrected chi connectivity index (χ1v) is 4.71. The molecule has 0 aliphatic rings. The minimum absolute atomic E-state index is 0.0419. The van der Waals surface area contributed by atoms with Crippen LogP contribution in [0.2, 0.25) is 10.3 Å². The Labute approximate surface area is 91.4 Å². The van der Waals surface area contributed by atoms with Crippen LogP contribution in [0.25, 0.3) is 0 Å². The quantitative estimate of drug-likeness (QED) is 0.850. The van der Waals surface area contributed by atoms with Crippen molar-refractivity contribution in [3.8, 4) is 0 Å². The number of carbonyl (C=O) groups excluding carboxylic acids is 1. The molecule has 76 valence electrons. The predicted octanol–water partition coefficient (Wildman–Crippen LogP) is 2.01. The van der Waals surface area contributed by atoms with Crippen LogP contribution in [0.3, 0.4) is 0 Å². The van der Waals surface area contributed by atoms with Gasteiger partial charge < -0.3 is 5.73 Å². The zero-order valence-electron chi connectivity index (χ0n) is 7.71. The molecule has 0 aromatic carbocycles. The minimum atomic E-state index is -0.707. The Kier molecular flexibility index (Phi) is 3.29. The van der Waals surface area contributed by atoms with E-state index in [4.69, 9.17) is 28.9 Å². The van der Waals surface area contributed by atoms with E-state index in [1.807, 2.05) is 13.8 Å². The van der Waals surface area contributed by atoms with Gasteiger partial charge in [0.2, 0.25) is 0 Å². The molecular weight excluding hydrogens is 225 g/mol. The van der Waals surface area contributed by atoms with Crippen LogP contribution in [0.5, 0.6) is 0 Å². The third-order valence-electron chi connectivity index (χ3n) is 1.62. The highest BCUT2D eigenvalue weighted by molar-refractivity contribution is 6.34. The number of nitrogens with two attached hydrogens (primary N) is 1. The lowest BCUT2D eigenvalue weighted by Crippen LogP contribution is -2.16. The second-order valence-corrected chi connectivity index (χ2v) is 3.77. The average molecular weight is 234 g/mol. The molecule has 0 atom stereocenters. The van der Waals surface area contributed by atoms with Gasteiger partial charge in [-0.2, -0.15) is 0 Å². The van der Waals surface area contributed by atoms with Gasteiger partial charge in [0.1, 0.15) is 0 Å². The summed E-state index contributed by atoms with van der Waals surface area (Å²) in [6.07, 6.45) is 0. The van der Waals surface area contributed by atoms with Crippen LogP contribution < -0.4 is 5.73 Å². The summed E-state index contributed by atoms with van der Waals surface area (Å²) in [5, 5.41) is 0.141. The molecule has 0 aliphatic carbocycles. The summed E-state index contributed by atoms with van der Waals surface area (Å²) in [5.74, 6) is -0.647. The fourth-order valence-electron chi connectivity index (χ4n) is 0.933. The Balaban J connectivity index is 3.34. The van der Waals surface area contributed by atoms with E-state index < -0.39 is 5.91 Å². The molecule has 0 fully saturated rings. The summed E-state index contributed by atoms with van der Waals surface area (Å²) < 4.78 is 0. The van der Waals surface area contributed by atoms with Crippen molar-refractivity contribution in [3.05, 3.63) is 21.7 Å². The van der Waals surface area contributed by atoms with E-state index in [0.717, 1.165) is 0 Å². The van der Waals surface area contributed by atoms with Crippen LogP contribution in [-0.2, 0) is 0 Å². The fourth-order valence-corrected chi connectivity index (χ4v) is 1.54. The number of primary amides is 1. The van der Waals surface area contributed by atoms with E-state index in [0.29, 0.717) is 5.69 Å². The van der Waals surface area contributed by atoms with Crippen LogP contribution in [0.4, 0.5) is 0 Å². The van der Waals surface area contributed by atoms with Gasteiger partial charge >= 0.3 is 0 Å². The Hall–Kier alpha value is -0.870. The number of hydrogen-bond acceptors (Lipinski definition) is 3. The summed E-state index contributed by atoms with van der Waals surface area (Å²) in [4.78, 5) is 18.7. The van der Waals surface area contributed by atoms with E-state index in [-0.39, 0.29) is 21.9 Å². The summed E-state index contributed by atoms with van der Waals surface area (Å²) in [6, 6.07) is 0. The molecule has 1 aromatic rings. The SMILES string of the molecule is CC(C)c1nc(C(N)=O)c(Cl)nc1Cl. The number of rotatable bonds is 2. The van der Waals surface area contributed by atoms with Crippen molar-refractivity contribution < 1.29 is 4.79 Å². The topological polar surface area (TPSA) is 68.9 Å². The molecule has 0 unspecified atom stereocenters. The molecule has 1 heterocycles. The average Bonchev–Trinajstić information content (AvgIpc) is 2.02. The number of halogens is 2. The molecule has 0 aliphatic heterocycles. The molecule has 1 amide bonds. The van der Waals surface area contributed by atoms with Crippen LogP contribution in [0.15, 0.2) is 0 Å². The predicted molar refractivity (Wildman–Crippen MR) is 54.7 cm³/mol. The third-order valence-corrected chi connectivity index (χ3v) is 2.16. The molecule has 1 aromatic heterocycles. The molecular formula is C8H9Cl2N3O. The maximum Gasteiger partial charge on any atom is 0.270 e. The molecule has 0 spiro atoms. The van der Waals surface area contributed by atoms with Crippen molar-refractivity contribution in [1.82, 2.24) is 9.97 Å². The lowest BCUT2D eigenvalue weighted by atomic mass is 10.1. The van der Waals surface area contributed by atoms with E-state index in [1.54, 1.807) is 0 Å². The summed E-state index contributed by atoms with van der Waals surface area (Å²) in [7, 11) is 0. The molecule has 0 radical (unpaired) electrons. The van der Waals surface area contributed by atoms with E-state index in [9.17, 15) is 4.79 Å². The van der Waals surface area contributed by atoms with Gasteiger partial charge in [-0.3, -0.25) is 4.79 Å². The summed E-state index contributed by atoms with van der Waals surface area (Å²) in [5.41, 5.74) is 5.54. The number of carbonyl (C=O) groups is 1. The monoisotopic (exact) mass is 233 g/mol. The first-order valence-electron chi connectivity index (χ1n) is 3.96. The third kappa shape index (κ3) is 2.13. The van der Waals surface area contributed by atoms with E-state index in [1.165, 1.54) is 0 Å². The van der Waals surface area contributed by atoms with Crippen molar-refractivity contribution in [2.75, 3.05) is 0 Å². The lowest BCUT2D eigenvalue weighted by Gasteiger charge is -2.08. The number of amides is 1. The van der Waals surface area contributed by atoms with Crippen LogP contribution in [0, 0.1) is 0 Å². The Bertz CT molecular complexity index is 379. The Morgan fingerprint density at radius 3 is 2.29 bits per heavy atom. The first kappa shape index (κ1) is 11.2. The van der Waals surface area contributed by atoms with Crippen molar-refractivity contribution >= 4 is 29.1 Å². The molecule has 1 rings (SSSR count). The highest BCUT2D eigenvalue weighted by atomic mass is 35.5. The Morgan fingerprint density at radius 2 is 1.86 bits per heavy atom. The number of nitrogens with zero attached hydrogens (tertiary/aromatic N) is 2. The summed E-state index contributed by atoms with van der Waals surface area (Å²) in [6.45, 7) is 3.77. The van der Waals surface area contributed by atoms with Gasteiger partial charge in [-0.1, -0.05) is 37.0 Å². The van der Waals surface area contributed by atoms with Crippen molar-refractivity contribution in [2.24, 2.45) is 5.73 Å². The molecule has 4 nitrogen and oxygen atoms in total. The van der Waals surface area contributed by atoms with E-state index >= 15 is 0 Å². The molecule has 2 N–H and O–H groups in total. The first-order chi connectivity index (χ1) is 6.43. The zero-order chi connectivity index (χ0) is 10.9. The van der Waals surface area contributed by atoms with Gasteiger partial charge in [0.25, 0.3) is 5.91 Å². The second-order valence-electron chi connectivity index (χ2n) is 3.06. The molecule has 6 heteroatoms. The maximum absolute atomic E-state index is 10.9. The number of hydrogen-bond donors (Lipinski definition) is 1.